The van der Waals surface area contributed by atoms with Gasteiger partial charge in [-0.3, -0.25) is 14.4 Å². The van der Waals surface area contributed by atoms with E-state index in [4.69, 9.17) is 16.3 Å². The number of benzene rings is 2. The average molecular weight is 497 g/mol. The molecule has 184 valence electrons. The number of carbonyl (C=O) groups is 2. The molecule has 0 aliphatic heterocycles. The van der Waals surface area contributed by atoms with Crippen LogP contribution in [0, 0.1) is 6.92 Å². The molecule has 0 fully saturated rings. The highest BCUT2D eigenvalue weighted by Gasteiger charge is 2.25. The topological polar surface area (TPSA) is 102 Å². The average Bonchev–Trinajstić information content (AvgIpc) is 2.84. The highest BCUT2D eigenvalue weighted by atomic mass is 35.5. The van der Waals surface area contributed by atoms with Crippen molar-refractivity contribution >= 4 is 29.2 Å². The maximum atomic E-state index is 13.4. The normalized spacial score (nSPS) is 11.5. The molecule has 0 aliphatic rings. The quantitative estimate of drug-likeness (QED) is 0.440. The summed E-state index contributed by atoms with van der Waals surface area (Å²) in [6.45, 7) is 5.55. The Labute approximate surface area is 209 Å². The van der Waals surface area contributed by atoms with Crippen LogP contribution in [-0.2, 0) is 17.8 Å². The molecule has 1 amide bonds. The van der Waals surface area contributed by atoms with E-state index < -0.39 is 17.6 Å². The summed E-state index contributed by atoms with van der Waals surface area (Å²) in [6.07, 6.45) is 1.59. The molecule has 0 bridgehead atoms. The second-order valence-electron chi connectivity index (χ2n) is 8.07. The number of ether oxygens (including phenoxy) is 1. The molecule has 2 N–H and O–H groups in total. The Hall–Kier alpha value is -3.65. The van der Waals surface area contributed by atoms with Crippen molar-refractivity contribution in [2.24, 2.45) is 0 Å². The minimum Gasteiger partial charge on any atom is -0.480 e. The van der Waals surface area contributed by atoms with Gasteiger partial charge in [0.15, 0.2) is 11.9 Å². The Morgan fingerprint density at radius 1 is 1.17 bits per heavy atom. The van der Waals surface area contributed by atoms with E-state index in [1.165, 1.54) is 13.1 Å². The summed E-state index contributed by atoms with van der Waals surface area (Å²) in [5.41, 5.74) is 1.63. The number of nitrogens with zero attached hydrogens (tertiary/aromatic N) is 2. The molecule has 1 aromatic heterocycles. The van der Waals surface area contributed by atoms with E-state index in [1.807, 2.05) is 30.3 Å². The molecule has 0 aliphatic carbocycles. The lowest BCUT2D eigenvalue weighted by molar-refractivity contribution is -0.119. The van der Waals surface area contributed by atoms with Crippen LogP contribution in [0.2, 0.25) is 5.02 Å². The van der Waals surface area contributed by atoms with Crippen LogP contribution in [0.25, 0.3) is 0 Å². The number of aryl methyl sites for hydroxylation is 1. The Morgan fingerprint density at radius 3 is 2.60 bits per heavy atom. The zero-order chi connectivity index (χ0) is 25.4. The van der Waals surface area contributed by atoms with E-state index in [9.17, 15) is 14.4 Å². The van der Waals surface area contributed by atoms with Crippen LogP contribution in [-0.4, -0.2) is 34.0 Å². The minimum absolute atomic E-state index is 0.104. The third-order valence-corrected chi connectivity index (χ3v) is 5.61. The van der Waals surface area contributed by atoms with Gasteiger partial charge in [-0.25, -0.2) is 9.55 Å². The predicted octanol–water partition coefficient (Wildman–Crippen LogP) is 3.99. The van der Waals surface area contributed by atoms with Crippen LogP contribution in [0.15, 0.2) is 59.5 Å². The Balaban J connectivity index is 1.80. The van der Waals surface area contributed by atoms with Crippen LogP contribution in [0.5, 0.6) is 5.75 Å². The standard InChI is InChI=1S/C26H29ClN4O4/c1-4-22(35-23-11-10-21(27)14-20(23)16-29-18(3)32)25(33)31-17(2)15-30-24(26(31)34)28-13-12-19-8-6-5-7-9-19/h5-11,14-15,22H,4,12-13,16H2,1-3H3,(H,28,30)(H,29,32). The molecule has 2 aromatic carbocycles. The number of hydrogen-bond acceptors (Lipinski definition) is 6. The first-order valence-electron chi connectivity index (χ1n) is 11.4. The van der Waals surface area contributed by atoms with Crippen LogP contribution in [0.1, 0.15) is 41.9 Å². The summed E-state index contributed by atoms with van der Waals surface area (Å²) in [6, 6.07) is 14.8. The molecule has 0 radical (unpaired) electrons. The van der Waals surface area contributed by atoms with E-state index >= 15 is 0 Å². The molecule has 35 heavy (non-hydrogen) atoms. The Kier molecular flexibility index (Phi) is 9.03. The first kappa shape index (κ1) is 26.0. The zero-order valence-electron chi connectivity index (χ0n) is 20.0. The molecule has 0 spiro atoms. The molecule has 1 atom stereocenters. The minimum atomic E-state index is -0.928. The van der Waals surface area contributed by atoms with E-state index in [1.54, 1.807) is 32.0 Å². The predicted molar refractivity (Wildman–Crippen MR) is 136 cm³/mol. The van der Waals surface area contributed by atoms with Crippen LogP contribution in [0.4, 0.5) is 5.82 Å². The van der Waals surface area contributed by atoms with Gasteiger partial charge < -0.3 is 15.4 Å². The maximum Gasteiger partial charge on any atom is 0.300 e. The van der Waals surface area contributed by atoms with Gasteiger partial charge in [0.1, 0.15) is 5.75 Å². The monoisotopic (exact) mass is 496 g/mol. The first-order valence-corrected chi connectivity index (χ1v) is 11.8. The number of nitrogens with one attached hydrogen (secondary N) is 2. The van der Waals surface area contributed by atoms with Crippen molar-refractivity contribution in [3.05, 3.63) is 86.9 Å². The van der Waals surface area contributed by atoms with Gasteiger partial charge in [-0.15, -0.1) is 0 Å². The van der Waals surface area contributed by atoms with Gasteiger partial charge in [-0.2, -0.15) is 0 Å². The number of amides is 1. The summed E-state index contributed by atoms with van der Waals surface area (Å²) in [4.78, 5) is 42.1. The van der Waals surface area contributed by atoms with Crippen molar-refractivity contribution < 1.29 is 14.3 Å². The number of rotatable bonds is 10. The molecule has 8 nitrogen and oxygen atoms in total. The van der Waals surface area contributed by atoms with E-state index in [0.717, 1.165) is 10.1 Å². The highest BCUT2D eigenvalue weighted by molar-refractivity contribution is 6.30. The fourth-order valence-corrected chi connectivity index (χ4v) is 3.72. The van der Waals surface area contributed by atoms with E-state index in [2.05, 4.69) is 15.6 Å². The number of hydrogen-bond donors (Lipinski definition) is 2. The van der Waals surface area contributed by atoms with Crippen molar-refractivity contribution in [2.75, 3.05) is 11.9 Å². The van der Waals surface area contributed by atoms with Gasteiger partial charge in [0.2, 0.25) is 5.91 Å². The van der Waals surface area contributed by atoms with Gasteiger partial charge in [-0.1, -0.05) is 48.9 Å². The molecule has 1 heterocycles. The largest absolute Gasteiger partial charge is 0.480 e. The van der Waals surface area contributed by atoms with Crippen LogP contribution < -0.4 is 20.9 Å². The van der Waals surface area contributed by atoms with Crippen molar-refractivity contribution in [3.8, 4) is 5.75 Å². The fraction of sp³-hybridized carbons (Fsp3) is 0.308. The lowest BCUT2D eigenvalue weighted by atomic mass is 10.1. The van der Waals surface area contributed by atoms with Crippen LogP contribution in [0.3, 0.4) is 0 Å². The molecule has 0 saturated carbocycles. The van der Waals surface area contributed by atoms with Crippen LogP contribution >= 0.6 is 11.6 Å². The van der Waals surface area contributed by atoms with Gasteiger partial charge in [0.25, 0.3) is 11.5 Å². The third kappa shape index (κ3) is 6.93. The molecular weight excluding hydrogens is 468 g/mol. The molecular formula is C26H29ClN4O4. The smallest absolute Gasteiger partial charge is 0.300 e. The second-order valence-corrected chi connectivity index (χ2v) is 8.50. The molecule has 1 unspecified atom stereocenters. The number of anilines is 1. The van der Waals surface area contributed by atoms with E-state index in [-0.39, 0.29) is 18.3 Å². The maximum absolute atomic E-state index is 13.4. The lowest BCUT2D eigenvalue weighted by Crippen LogP contribution is -2.40. The fourth-order valence-electron chi connectivity index (χ4n) is 3.53. The second kappa shape index (κ2) is 12.2. The van der Waals surface area contributed by atoms with Crippen molar-refractivity contribution in [1.29, 1.82) is 0 Å². The van der Waals surface area contributed by atoms with Gasteiger partial charge in [0, 0.05) is 42.5 Å². The Morgan fingerprint density at radius 2 is 1.91 bits per heavy atom. The summed E-state index contributed by atoms with van der Waals surface area (Å²) < 4.78 is 7.12. The van der Waals surface area contributed by atoms with E-state index in [0.29, 0.717) is 41.4 Å². The molecule has 9 heteroatoms. The van der Waals surface area contributed by atoms with Crippen molar-refractivity contribution in [2.45, 2.75) is 46.3 Å². The molecule has 3 aromatic rings. The molecule has 3 rings (SSSR count). The lowest BCUT2D eigenvalue weighted by Gasteiger charge is -2.21. The Bertz CT molecular complexity index is 1240. The van der Waals surface area contributed by atoms with Gasteiger partial charge in [-0.05, 0) is 43.5 Å². The van der Waals surface area contributed by atoms with Crippen molar-refractivity contribution in [1.82, 2.24) is 14.9 Å². The number of carbonyl (C=O) groups excluding carboxylic acids is 2. The van der Waals surface area contributed by atoms with Gasteiger partial charge >= 0.3 is 0 Å². The first-order chi connectivity index (χ1) is 16.8. The third-order valence-electron chi connectivity index (χ3n) is 5.37. The summed E-state index contributed by atoms with van der Waals surface area (Å²) in [5.74, 6) is -0.189. The highest BCUT2D eigenvalue weighted by Crippen LogP contribution is 2.25. The number of aromatic nitrogens is 2. The zero-order valence-corrected chi connectivity index (χ0v) is 20.8. The SMILES string of the molecule is CCC(Oc1ccc(Cl)cc1CNC(C)=O)C(=O)n1c(C)cnc(NCCc2ccccc2)c1=O. The molecule has 0 saturated heterocycles. The van der Waals surface area contributed by atoms with Crippen molar-refractivity contribution in [3.63, 3.8) is 0 Å². The summed E-state index contributed by atoms with van der Waals surface area (Å²) in [5, 5.41) is 6.22. The number of halogens is 1. The summed E-state index contributed by atoms with van der Waals surface area (Å²) >= 11 is 6.11. The summed E-state index contributed by atoms with van der Waals surface area (Å²) in [7, 11) is 0. The van der Waals surface area contributed by atoms with Gasteiger partial charge in [0.05, 0.1) is 0 Å².